The molecule has 28 heavy (non-hydrogen) atoms. The summed E-state index contributed by atoms with van der Waals surface area (Å²) in [5.74, 6) is -0.00903. The van der Waals surface area contributed by atoms with Crippen LogP contribution in [0.4, 0.5) is 0 Å². The van der Waals surface area contributed by atoms with Gasteiger partial charge in [-0.3, -0.25) is 4.79 Å². The summed E-state index contributed by atoms with van der Waals surface area (Å²) in [4.78, 5) is 14.6. The molecular weight excluding hydrogens is 346 g/mol. The van der Waals surface area contributed by atoms with Gasteiger partial charge in [0.05, 0.1) is 0 Å². The Kier molecular flexibility index (Phi) is 8.75. The van der Waals surface area contributed by atoms with Crippen molar-refractivity contribution in [2.75, 3.05) is 20.1 Å². The Bertz CT molecular complexity index is 686. The Balaban J connectivity index is 0.00000280. The summed E-state index contributed by atoms with van der Waals surface area (Å²) in [6.45, 7) is 6.60. The van der Waals surface area contributed by atoms with Crippen LogP contribution in [0.25, 0.3) is 5.57 Å². The number of nitrogens with zero attached hydrogens (tertiary/aromatic N) is 1. The van der Waals surface area contributed by atoms with Crippen molar-refractivity contribution in [3.63, 3.8) is 0 Å². The minimum Gasteiger partial charge on any atom is -0.462 e. The number of ether oxygens (including phenoxy) is 1. The minimum absolute atomic E-state index is 0. The number of esters is 1. The van der Waals surface area contributed by atoms with E-state index in [1.165, 1.54) is 47.1 Å². The van der Waals surface area contributed by atoms with Crippen molar-refractivity contribution < 1.29 is 9.53 Å². The van der Waals surface area contributed by atoms with Gasteiger partial charge < -0.3 is 9.64 Å². The fraction of sp³-hybridized carbons (Fsp3) is 0.640. The third-order valence-corrected chi connectivity index (χ3v) is 6.03. The molecule has 1 aliphatic carbocycles. The first kappa shape index (κ1) is 22.7. The lowest BCUT2D eigenvalue weighted by Crippen LogP contribution is -2.26. The third kappa shape index (κ3) is 6.20. The van der Waals surface area contributed by atoms with Crippen molar-refractivity contribution in [2.45, 2.75) is 85.2 Å². The quantitative estimate of drug-likeness (QED) is 0.568. The van der Waals surface area contributed by atoms with E-state index in [0.29, 0.717) is 6.42 Å². The van der Waals surface area contributed by atoms with Crippen LogP contribution in [-0.4, -0.2) is 37.1 Å². The minimum atomic E-state index is -0.00903. The maximum atomic E-state index is 12.2. The van der Waals surface area contributed by atoms with Gasteiger partial charge in [0.15, 0.2) is 0 Å². The standard InChI is InChI=1S/C24H35NO2.CH4/c1-18-12-13-20(23(16-18)22-14-15-25(3)17-19(22)2)8-7-11-24(26)27-21-9-5-4-6-10-21;/h12-13,16,21H,4-11,14-15,17H2,1-3H3;1H4. The highest BCUT2D eigenvalue weighted by Gasteiger charge is 2.19. The molecule has 0 saturated heterocycles. The molecule has 1 aromatic carbocycles. The van der Waals surface area contributed by atoms with E-state index in [1.54, 1.807) is 0 Å². The second-order valence-electron chi connectivity index (χ2n) is 8.51. The number of hydrogen-bond donors (Lipinski definition) is 0. The summed E-state index contributed by atoms with van der Waals surface area (Å²) in [6.07, 6.45) is 9.43. The molecule has 3 heteroatoms. The van der Waals surface area contributed by atoms with Crippen LogP contribution in [0.15, 0.2) is 23.8 Å². The first-order valence-electron chi connectivity index (χ1n) is 10.7. The summed E-state index contributed by atoms with van der Waals surface area (Å²) < 4.78 is 5.67. The Morgan fingerprint density at radius 2 is 1.93 bits per heavy atom. The molecule has 0 N–H and O–H groups in total. The van der Waals surface area contributed by atoms with E-state index in [1.807, 2.05) is 0 Å². The second-order valence-corrected chi connectivity index (χ2v) is 8.51. The molecule has 0 bridgehead atoms. The van der Waals surface area contributed by atoms with Gasteiger partial charge in [-0.2, -0.15) is 0 Å². The van der Waals surface area contributed by atoms with E-state index >= 15 is 0 Å². The van der Waals surface area contributed by atoms with Gasteiger partial charge in [-0.15, -0.1) is 0 Å². The van der Waals surface area contributed by atoms with E-state index in [9.17, 15) is 4.79 Å². The van der Waals surface area contributed by atoms with Crippen LogP contribution in [0.3, 0.4) is 0 Å². The van der Waals surface area contributed by atoms with Gasteiger partial charge in [0, 0.05) is 19.5 Å². The fourth-order valence-corrected chi connectivity index (χ4v) is 4.50. The first-order valence-corrected chi connectivity index (χ1v) is 10.7. The van der Waals surface area contributed by atoms with Crippen molar-refractivity contribution in [3.05, 3.63) is 40.5 Å². The van der Waals surface area contributed by atoms with Crippen molar-refractivity contribution in [1.29, 1.82) is 0 Å². The van der Waals surface area contributed by atoms with Gasteiger partial charge in [0.2, 0.25) is 0 Å². The molecule has 156 valence electrons. The fourth-order valence-electron chi connectivity index (χ4n) is 4.50. The van der Waals surface area contributed by atoms with Crippen LogP contribution in [-0.2, 0) is 16.0 Å². The molecule has 2 aliphatic rings. The summed E-state index contributed by atoms with van der Waals surface area (Å²) >= 11 is 0. The predicted molar refractivity (Wildman–Crippen MR) is 119 cm³/mol. The average Bonchev–Trinajstić information content (AvgIpc) is 2.64. The van der Waals surface area contributed by atoms with E-state index in [0.717, 1.165) is 45.2 Å². The van der Waals surface area contributed by atoms with E-state index in [-0.39, 0.29) is 19.5 Å². The maximum absolute atomic E-state index is 12.2. The molecule has 0 aromatic heterocycles. The molecule has 1 heterocycles. The van der Waals surface area contributed by atoms with Crippen molar-refractivity contribution in [3.8, 4) is 0 Å². The lowest BCUT2D eigenvalue weighted by Gasteiger charge is -2.27. The third-order valence-electron chi connectivity index (χ3n) is 6.03. The molecule has 0 unspecified atom stereocenters. The molecule has 3 nitrogen and oxygen atoms in total. The average molecular weight is 386 g/mol. The van der Waals surface area contributed by atoms with E-state index in [2.05, 4.69) is 44.0 Å². The van der Waals surface area contributed by atoms with Gasteiger partial charge in [0.25, 0.3) is 0 Å². The number of rotatable bonds is 6. The Morgan fingerprint density at radius 3 is 2.64 bits per heavy atom. The van der Waals surface area contributed by atoms with Crippen LogP contribution >= 0.6 is 0 Å². The van der Waals surface area contributed by atoms with Crippen molar-refractivity contribution in [2.24, 2.45) is 0 Å². The Morgan fingerprint density at radius 1 is 1.18 bits per heavy atom. The number of hydrogen-bond acceptors (Lipinski definition) is 3. The number of likely N-dealkylation sites (N-methyl/N-ethyl adjacent to an activating group) is 1. The van der Waals surface area contributed by atoms with Gasteiger partial charge in [-0.05, 0) is 82.5 Å². The highest BCUT2D eigenvalue weighted by molar-refractivity contribution is 5.73. The van der Waals surface area contributed by atoms with Crippen LogP contribution < -0.4 is 0 Å². The topological polar surface area (TPSA) is 29.5 Å². The molecule has 0 spiro atoms. The lowest BCUT2D eigenvalue weighted by atomic mass is 9.88. The van der Waals surface area contributed by atoms with Crippen LogP contribution in [0.2, 0.25) is 0 Å². The molecule has 3 rings (SSSR count). The lowest BCUT2D eigenvalue weighted by molar-refractivity contribution is -0.150. The molecule has 0 radical (unpaired) electrons. The highest BCUT2D eigenvalue weighted by atomic mass is 16.5. The maximum Gasteiger partial charge on any atom is 0.306 e. The molecule has 0 amide bonds. The second kappa shape index (κ2) is 10.8. The van der Waals surface area contributed by atoms with Crippen LogP contribution in [0, 0.1) is 6.92 Å². The molecule has 1 fully saturated rings. The monoisotopic (exact) mass is 385 g/mol. The zero-order valence-electron chi connectivity index (χ0n) is 17.4. The largest absolute Gasteiger partial charge is 0.462 e. The van der Waals surface area contributed by atoms with Gasteiger partial charge >= 0.3 is 5.97 Å². The van der Waals surface area contributed by atoms with E-state index in [4.69, 9.17) is 4.74 Å². The molecule has 1 aliphatic heterocycles. The number of benzene rings is 1. The Hall–Kier alpha value is -1.61. The van der Waals surface area contributed by atoms with Gasteiger partial charge in [-0.1, -0.05) is 43.2 Å². The van der Waals surface area contributed by atoms with Crippen LogP contribution in [0.1, 0.15) is 82.4 Å². The first-order chi connectivity index (χ1) is 13.0. The van der Waals surface area contributed by atoms with Crippen LogP contribution in [0.5, 0.6) is 0 Å². The molecule has 1 aromatic rings. The van der Waals surface area contributed by atoms with Gasteiger partial charge in [-0.25, -0.2) is 0 Å². The zero-order valence-corrected chi connectivity index (χ0v) is 17.4. The van der Waals surface area contributed by atoms with Crippen molar-refractivity contribution in [1.82, 2.24) is 4.90 Å². The summed E-state index contributed by atoms with van der Waals surface area (Å²) in [7, 11) is 2.19. The number of carbonyl (C=O) groups excluding carboxylic acids is 1. The summed E-state index contributed by atoms with van der Waals surface area (Å²) in [5, 5.41) is 0. The van der Waals surface area contributed by atoms with Gasteiger partial charge in [0.1, 0.15) is 6.10 Å². The predicted octanol–water partition coefficient (Wildman–Crippen LogP) is 5.94. The summed E-state index contributed by atoms with van der Waals surface area (Å²) in [6, 6.07) is 6.79. The van der Waals surface area contributed by atoms with E-state index < -0.39 is 0 Å². The SMILES string of the molecule is C.CC1=C(c2cc(C)ccc2CCCC(=O)OC2CCCCC2)CCN(C)C1. The highest BCUT2D eigenvalue weighted by Crippen LogP contribution is 2.31. The number of aryl methyl sites for hydroxylation is 2. The van der Waals surface area contributed by atoms with Crippen molar-refractivity contribution >= 4 is 11.5 Å². The number of carbonyl (C=O) groups is 1. The molecule has 1 saturated carbocycles. The Labute approximate surface area is 172 Å². The molecular formula is C25H39NO2. The smallest absolute Gasteiger partial charge is 0.306 e. The normalized spacial score (nSPS) is 18.7. The zero-order chi connectivity index (χ0) is 19.2. The summed E-state index contributed by atoms with van der Waals surface area (Å²) in [5.41, 5.74) is 7.08. The molecule has 0 atom stereocenters.